The molecule has 0 fully saturated rings. The van der Waals surface area contributed by atoms with Crippen LogP contribution in [0.1, 0.15) is 5.56 Å². The number of nitrogens with one attached hydrogen (secondary N) is 2. The first-order valence-corrected chi connectivity index (χ1v) is 10.8. The Morgan fingerprint density at radius 2 is 1.69 bits per heavy atom. The van der Waals surface area contributed by atoms with Crippen LogP contribution in [0.15, 0.2) is 83.8 Å². The van der Waals surface area contributed by atoms with Crippen molar-refractivity contribution in [2.24, 2.45) is 0 Å². The number of aryl methyl sites for hydroxylation is 1. The molecule has 0 atom stereocenters. The molecule has 0 amide bonds. The van der Waals surface area contributed by atoms with Crippen molar-refractivity contribution in [3.8, 4) is 17.1 Å². The van der Waals surface area contributed by atoms with Crippen molar-refractivity contribution in [3.63, 3.8) is 0 Å². The average molecular weight is 423 g/mol. The van der Waals surface area contributed by atoms with Gasteiger partial charge >= 0.3 is 0 Å². The minimum absolute atomic E-state index is 0.212. The van der Waals surface area contributed by atoms with Crippen LogP contribution < -0.4 is 4.72 Å². The number of sulfonamides is 1. The number of hydrogen-bond donors (Lipinski definition) is 2. The van der Waals surface area contributed by atoms with Crippen molar-refractivity contribution in [1.82, 2.24) is 14.8 Å². The van der Waals surface area contributed by atoms with Gasteiger partial charge in [-0.1, -0.05) is 30.3 Å². The third-order valence-electron chi connectivity index (χ3n) is 4.38. The highest BCUT2D eigenvalue weighted by molar-refractivity contribution is 7.92. The van der Waals surface area contributed by atoms with E-state index in [1.807, 2.05) is 35.8 Å². The molecule has 0 unspecified atom stereocenters. The molecule has 29 heavy (non-hydrogen) atoms. The van der Waals surface area contributed by atoms with Gasteiger partial charge in [-0.25, -0.2) is 8.42 Å². The fourth-order valence-electron chi connectivity index (χ4n) is 3.00. The van der Waals surface area contributed by atoms with Gasteiger partial charge in [0.2, 0.25) is 0 Å². The third-order valence-corrected chi connectivity index (χ3v) is 6.05. The van der Waals surface area contributed by atoms with E-state index in [1.54, 1.807) is 54.6 Å². The van der Waals surface area contributed by atoms with Gasteiger partial charge in [-0.3, -0.25) is 14.4 Å². The largest absolute Gasteiger partial charge is 0.280 e. The molecule has 4 aromatic rings. The molecule has 0 aliphatic heterocycles. The monoisotopic (exact) mass is 422 g/mol. The summed E-state index contributed by atoms with van der Waals surface area (Å²) in [5, 5.41) is 7.18. The molecule has 1 aromatic heterocycles. The minimum Gasteiger partial charge on any atom is -0.280 e. The average Bonchev–Trinajstić information content (AvgIpc) is 3.10. The van der Waals surface area contributed by atoms with Crippen molar-refractivity contribution in [2.75, 3.05) is 4.72 Å². The zero-order valence-corrected chi connectivity index (χ0v) is 17.2. The number of H-pyrrole nitrogens is 1. The lowest BCUT2D eigenvalue weighted by molar-refractivity contribution is 0.601. The Balaban J connectivity index is 1.65. The summed E-state index contributed by atoms with van der Waals surface area (Å²) in [6.07, 6.45) is 0. The second-order valence-electron chi connectivity index (χ2n) is 6.52. The molecule has 6 nitrogen and oxygen atoms in total. The molecule has 3 aromatic carbocycles. The van der Waals surface area contributed by atoms with Crippen LogP contribution >= 0.6 is 12.2 Å². The van der Waals surface area contributed by atoms with E-state index in [0.717, 1.165) is 16.8 Å². The summed E-state index contributed by atoms with van der Waals surface area (Å²) in [6.45, 7) is 2.01. The molecular weight excluding hydrogens is 404 g/mol. The maximum Gasteiger partial charge on any atom is 0.261 e. The topological polar surface area (TPSA) is 79.8 Å². The van der Waals surface area contributed by atoms with Gasteiger partial charge in [0.1, 0.15) is 0 Å². The number of hydrogen-bond acceptors (Lipinski definition) is 4. The number of benzene rings is 3. The number of aromatic nitrogens is 3. The number of anilines is 1. The van der Waals surface area contributed by atoms with E-state index in [2.05, 4.69) is 14.9 Å². The molecule has 0 saturated carbocycles. The lowest BCUT2D eigenvalue weighted by Gasteiger charge is -2.10. The number of aromatic amines is 1. The Bertz CT molecular complexity index is 1310. The molecule has 8 heteroatoms. The quantitative estimate of drug-likeness (QED) is 0.457. The molecular formula is C21H18N4O2S2. The number of rotatable bonds is 5. The summed E-state index contributed by atoms with van der Waals surface area (Å²) in [5.41, 5.74) is 3.30. The summed E-state index contributed by atoms with van der Waals surface area (Å²) in [7, 11) is -3.64. The van der Waals surface area contributed by atoms with Crippen LogP contribution in [-0.2, 0) is 10.0 Å². The summed E-state index contributed by atoms with van der Waals surface area (Å²) in [6, 6.07) is 23.2. The summed E-state index contributed by atoms with van der Waals surface area (Å²) in [4.78, 5) is 0.212. The highest BCUT2D eigenvalue weighted by Gasteiger charge is 2.15. The van der Waals surface area contributed by atoms with Gasteiger partial charge in [0.05, 0.1) is 10.6 Å². The molecule has 0 aliphatic rings. The van der Waals surface area contributed by atoms with Crippen molar-refractivity contribution in [3.05, 3.63) is 89.2 Å². The Kier molecular flexibility index (Phi) is 5.04. The zero-order chi connectivity index (χ0) is 20.4. The van der Waals surface area contributed by atoms with Crippen molar-refractivity contribution in [2.45, 2.75) is 11.8 Å². The first-order valence-electron chi connectivity index (χ1n) is 8.87. The normalized spacial score (nSPS) is 11.3. The van der Waals surface area contributed by atoms with E-state index in [-0.39, 0.29) is 4.90 Å². The van der Waals surface area contributed by atoms with Gasteiger partial charge in [-0.2, -0.15) is 5.10 Å². The van der Waals surface area contributed by atoms with E-state index in [1.165, 1.54) is 0 Å². The van der Waals surface area contributed by atoms with Crippen LogP contribution in [0.4, 0.5) is 5.69 Å². The van der Waals surface area contributed by atoms with Gasteiger partial charge in [0, 0.05) is 11.3 Å². The first kappa shape index (κ1) is 19.1. The van der Waals surface area contributed by atoms with Crippen molar-refractivity contribution >= 4 is 27.9 Å². The second kappa shape index (κ2) is 7.65. The van der Waals surface area contributed by atoms with Crippen LogP contribution in [0.3, 0.4) is 0 Å². The first-order chi connectivity index (χ1) is 13.9. The molecule has 0 bridgehead atoms. The summed E-state index contributed by atoms with van der Waals surface area (Å²) >= 11 is 5.40. The molecule has 0 radical (unpaired) electrons. The Hall–Kier alpha value is -3.23. The molecule has 0 aliphatic carbocycles. The van der Waals surface area contributed by atoms with Crippen LogP contribution in [0.2, 0.25) is 0 Å². The number of nitrogens with zero attached hydrogens (tertiary/aromatic N) is 2. The predicted molar refractivity (Wildman–Crippen MR) is 116 cm³/mol. The summed E-state index contributed by atoms with van der Waals surface area (Å²) in [5.74, 6) is 0.651. The molecule has 0 spiro atoms. The SMILES string of the molecule is Cc1cccc(-n2c(-c3ccc(NS(=O)(=O)c4ccccc4)cc3)n[nH]c2=S)c1. The lowest BCUT2D eigenvalue weighted by Crippen LogP contribution is -2.12. The fraction of sp³-hybridized carbons (Fsp3) is 0.0476. The Morgan fingerprint density at radius 3 is 2.38 bits per heavy atom. The highest BCUT2D eigenvalue weighted by Crippen LogP contribution is 2.24. The Labute approximate surface area is 173 Å². The van der Waals surface area contributed by atoms with E-state index < -0.39 is 10.0 Å². The van der Waals surface area contributed by atoms with Crippen molar-refractivity contribution in [1.29, 1.82) is 0 Å². The molecule has 2 N–H and O–H groups in total. The van der Waals surface area contributed by atoms with Crippen LogP contribution in [-0.4, -0.2) is 23.2 Å². The van der Waals surface area contributed by atoms with Gasteiger partial charge < -0.3 is 0 Å². The summed E-state index contributed by atoms with van der Waals surface area (Å²) < 4.78 is 29.9. The van der Waals surface area contributed by atoms with Gasteiger partial charge in [-0.05, 0) is 73.2 Å². The van der Waals surface area contributed by atoms with Crippen LogP contribution in [0, 0.1) is 11.7 Å². The Morgan fingerprint density at radius 1 is 0.966 bits per heavy atom. The fourth-order valence-corrected chi connectivity index (χ4v) is 4.32. The highest BCUT2D eigenvalue weighted by atomic mass is 32.2. The van der Waals surface area contributed by atoms with Crippen LogP contribution in [0.5, 0.6) is 0 Å². The molecule has 4 rings (SSSR count). The van der Waals surface area contributed by atoms with Gasteiger partial charge in [-0.15, -0.1) is 0 Å². The lowest BCUT2D eigenvalue weighted by atomic mass is 10.2. The minimum atomic E-state index is -3.64. The molecule has 0 saturated heterocycles. The molecule has 1 heterocycles. The van der Waals surface area contributed by atoms with Crippen LogP contribution in [0.25, 0.3) is 17.1 Å². The van der Waals surface area contributed by atoms with Gasteiger partial charge in [0.15, 0.2) is 10.6 Å². The van der Waals surface area contributed by atoms with E-state index in [4.69, 9.17) is 12.2 Å². The van der Waals surface area contributed by atoms with E-state index >= 15 is 0 Å². The second-order valence-corrected chi connectivity index (χ2v) is 8.59. The van der Waals surface area contributed by atoms with Gasteiger partial charge in [0.25, 0.3) is 10.0 Å². The van der Waals surface area contributed by atoms with E-state index in [0.29, 0.717) is 16.3 Å². The van der Waals surface area contributed by atoms with E-state index in [9.17, 15) is 8.42 Å². The zero-order valence-electron chi connectivity index (χ0n) is 15.5. The molecule has 146 valence electrons. The third kappa shape index (κ3) is 3.98. The predicted octanol–water partition coefficient (Wildman–Crippen LogP) is 4.71. The maximum atomic E-state index is 12.5. The standard InChI is InChI=1S/C21H18N4O2S2/c1-15-6-5-7-18(14-15)25-20(22-23-21(25)28)16-10-12-17(13-11-16)24-29(26,27)19-8-3-2-4-9-19/h2-14,24H,1H3,(H,23,28). The van der Waals surface area contributed by atoms with Crippen molar-refractivity contribution < 1.29 is 8.42 Å². The smallest absolute Gasteiger partial charge is 0.261 e. The maximum absolute atomic E-state index is 12.5.